The van der Waals surface area contributed by atoms with Crippen molar-refractivity contribution in [3.63, 3.8) is 0 Å². The van der Waals surface area contributed by atoms with Crippen molar-refractivity contribution in [1.82, 2.24) is 0 Å². The maximum Gasteiger partial charge on any atom is 0.183 e. The van der Waals surface area contributed by atoms with Crippen LogP contribution in [0.15, 0.2) is 12.1 Å². The molecule has 0 unspecified atom stereocenters. The number of hydrogen-bond donors (Lipinski definition) is 3. The lowest BCUT2D eigenvalue weighted by molar-refractivity contribution is 0.375. The fourth-order valence-corrected chi connectivity index (χ4v) is 0.768. The molecule has 0 bridgehead atoms. The summed E-state index contributed by atoms with van der Waals surface area (Å²) >= 11 is 0. The number of benzene rings is 1. The molecule has 1 aromatic rings. The quantitative estimate of drug-likeness (QED) is 0.408. The number of anilines is 2. The van der Waals surface area contributed by atoms with Crippen LogP contribution in [0.25, 0.3) is 0 Å². The van der Waals surface area contributed by atoms with Gasteiger partial charge >= 0.3 is 0 Å². The monoisotopic (exact) mass is 154 g/mol. The molecule has 0 aliphatic heterocycles. The highest BCUT2D eigenvalue weighted by Gasteiger charge is 2.06. The molecule has 0 atom stereocenters. The van der Waals surface area contributed by atoms with Crippen LogP contribution in [0, 0.1) is 0 Å². The lowest BCUT2D eigenvalue weighted by Crippen LogP contribution is -1.96. The van der Waals surface area contributed by atoms with Gasteiger partial charge in [-0.3, -0.25) is 0 Å². The van der Waals surface area contributed by atoms with E-state index in [2.05, 4.69) is 0 Å². The van der Waals surface area contributed by atoms with Crippen molar-refractivity contribution in [3.05, 3.63) is 12.1 Å². The third-order valence-electron chi connectivity index (χ3n) is 1.43. The Bertz CT molecular complexity index is 273. The van der Waals surface area contributed by atoms with Crippen molar-refractivity contribution in [1.29, 1.82) is 0 Å². The van der Waals surface area contributed by atoms with Crippen molar-refractivity contribution in [2.45, 2.75) is 0 Å². The van der Waals surface area contributed by atoms with Gasteiger partial charge in [-0.2, -0.15) is 0 Å². The number of nitrogens with two attached hydrogens (primary N) is 2. The molecule has 5 N–H and O–H groups in total. The van der Waals surface area contributed by atoms with E-state index in [1.165, 1.54) is 7.11 Å². The molecule has 4 nitrogen and oxygen atoms in total. The summed E-state index contributed by atoms with van der Waals surface area (Å²) < 4.78 is 4.80. The molecule has 0 saturated carbocycles. The van der Waals surface area contributed by atoms with Crippen LogP contribution >= 0.6 is 0 Å². The molecule has 0 aliphatic carbocycles. The van der Waals surface area contributed by atoms with Crippen LogP contribution in [0.2, 0.25) is 0 Å². The van der Waals surface area contributed by atoms with Crippen molar-refractivity contribution >= 4 is 11.4 Å². The van der Waals surface area contributed by atoms with E-state index >= 15 is 0 Å². The highest BCUT2D eigenvalue weighted by atomic mass is 16.5. The number of phenolic OH excluding ortho intramolecular Hbond substituents is 1. The van der Waals surface area contributed by atoms with Gasteiger partial charge in [-0.15, -0.1) is 0 Å². The van der Waals surface area contributed by atoms with Gasteiger partial charge in [-0.05, 0) is 12.1 Å². The van der Waals surface area contributed by atoms with Crippen molar-refractivity contribution in [3.8, 4) is 11.5 Å². The summed E-state index contributed by atoms with van der Waals surface area (Å²) in [5.41, 5.74) is 11.3. The van der Waals surface area contributed by atoms with Crippen LogP contribution in [0.4, 0.5) is 11.4 Å². The average molecular weight is 154 g/mol. The minimum Gasteiger partial charge on any atom is -0.503 e. The van der Waals surface area contributed by atoms with Crippen LogP contribution in [-0.4, -0.2) is 12.2 Å². The van der Waals surface area contributed by atoms with E-state index in [9.17, 15) is 5.11 Å². The zero-order chi connectivity index (χ0) is 8.43. The van der Waals surface area contributed by atoms with Crippen LogP contribution in [0.3, 0.4) is 0 Å². The summed E-state index contributed by atoms with van der Waals surface area (Å²) in [6.07, 6.45) is 0. The van der Waals surface area contributed by atoms with E-state index in [-0.39, 0.29) is 11.4 Å². The fourth-order valence-electron chi connectivity index (χ4n) is 0.768. The largest absolute Gasteiger partial charge is 0.503 e. The Kier molecular flexibility index (Phi) is 1.76. The van der Waals surface area contributed by atoms with E-state index in [1.54, 1.807) is 12.1 Å². The average Bonchev–Trinajstić information content (AvgIpc) is 2.01. The van der Waals surface area contributed by atoms with Crippen molar-refractivity contribution in [2.75, 3.05) is 18.6 Å². The lowest BCUT2D eigenvalue weighted by Gasteiger charge is -2.06. The minimum atomic E-state index is -0.104. The first-order valence-corrected chi connectivity index (χ1v) is 3.07. The van der Waals surface area contributed by atoms with Gasteiger partial charge < -0.3 is 21.3 Å². The Balaban J connectivity index is 3.25. The van der Waals surface area contributed by atoms with E-state index in [1.807, 2.05) is 0 Å². The van der Waals surface area contributed by atoms with Crippen molar-refractivity contribution < 1.29 is 9.84 Å². The summed E-state index contributed by atoms with van der Waals surface area (Å²) in [5, 5.41) is 9.25. The highest BCUT2D eigenvalue weighted by molar-refractivity contribution is 5.74. The van der Waals surface area contributed by atoms with Crippen LogP contribution < -0.4 is 16.2 Å². The van der Waals surface area contributed by atoms with Gasteiger partial charge in [0, 0.05) is 0 Å². The van der Waals surface area contributed by atoms with Crippen LogP contribution in [-0.2, 0) is 0 Å². The second-order valence-electron chi connectivity index (χ2n) is 2.12. The number of rotatable bonds is 1. The molecule has 0 amide bonds. The molecule has 1 rings (SSSR count). The number of ether oxygens (including phenoxy) is 1. The summed E-state index contributed by atoms with van der Waals surface area (Å²) in [4.78, 5) is 0. The highest BCUT2D eigenvalue weighted by Crippen LogP contribution is 2.35. The minimum absolute atomic E-state index is 0.104. The fraction of sp³-hybridized carbons (Fsp3) is 0.143. The molecule has 0 fully saturated rings. The van der Waals surface area contributed by atoms with Crippen LogP contribution in [0.5, 0.6) is 11.5 Å². The standard InChI is InChI=1S/C7H10N2O2/c1-11-5-3-2-4(8)6(9)7(5)10/h2-3,10H,8-9H2,1H3. The molecular formula is C7H10N2O2. The molecule has 4 heteroatoms. The first kappa shape index (κ1) is 7.53. The molecule has 1 aromatic carbocycles. The predicted octanol–water partition coefficient (Wildman–Crippen LogP) is 0.565. The van der Waals surface area contributed by atoms with Gasteiger partial charge in [-0.1, -0.05) is 0 Å². The first-order chi connectivity index (χ1) is 5.16. The molecule has 0 aromatic heterocycles. The zero-order valence-corrected chi connectivity index (χ0v) is 6.16. The molecular weight excluding hydrogens is 144 g/mol. The third kappa shape index (κ3) is 1.14. The van der Waals surface area contributed by atoms with Gasteiger partial charge in [-0.25, -0.2) is 0 Å². The van der Waals surface area contributed by atoms with E-state index in [0.717, 1.165) is 0 Å². The third-order valence-corrected chi connectivity index (χ3v) is 1.43. The summed E-state index contributed by atoms with van der Waals surface area (Å²) in [6, 6.07) is 3.13. The molecule has 11 heavy (non-hydrogen) atoms. The second-order valence-corrected chi connectivity index (χ2v) is 2.12. The van der Waals surface area contributed by atoms with Crippen LogP contribution in [0.1, 0.15) is 0 Å². The lowest BCUT2D eigenvalue weighted by atomic mass is 10.2. The summed E-state index contributed by atoms with van der Waals surface area (Å²) in [7, 11) is 1.45. The van der Waals surface area contributed by atoms with Gasteiger partial charge in [0.15, 0.2) is 11.5 Å². The predicted molar refractivity (Wildman–Crippen MR) is 43.5 cm³/mol. The second kappa shape index (κ2) is 2.57. The van der Waals surface area contributed by atoms with Gasteiger partial charge in [0.2, 0.25) is 0 Å². The number of methoxy groups -OCH3 is 1. The number of aromatic hydroxyl groups is 1. The Hall–Kier alpha value is -1.58. The number of nitrogen functional groups attached to an aromatic ring is 2. The Labute approximate surface area is 64.4 Å². The topological polar surface area (TPSA) is 81.5 Å². The maximum atomic E-state index is 9.25. The molecule has 0 aliphatic rings. The molecule has 0 heterocycles. The molecule has 0 saturated heterocycles. The van der Waals surface area contributed by atoms with E-state index < -0.39 is 0 Å². The molecule has 0 radical (unpaired) electrons. The summed E-state index contributed by atoms with van der Waals surface area (Å²) in [6.45, 7) is 0. The molecule has 0 spiro atoms. The normalized spacial score (nSPS) is 9.55. The maximum absolute atomic E-state index is 9.25. The van der Waals surface area contributed by atoms with Gasteiger partial charge in [0.05, 0.1) is 12.8 Å². The van der Waals surface area contributed by atoms with Crippen molar-refractivity contribution in [2.24, 2.45) is 0 Å². The zero-order valence-electron chi connectivity index (χ0n) is 6.16. The Morgan fingerprint density at radius 3 is 2.55 bits per heavy atom. The number of hydrogen-bond acceptors (Lipinski definition) is 4. The SMILES string of the molecule is COc1ccc(N)c(N)c1O. The smallest absolute Gasteiger partial charge is 0.183 e. The van der Waals surface area contributed by atoms with Gasteiger partial charge in [0.1, 0.15) is 5.69 Å². The Morgan fingerprint density at radius 2 is 2.00 bits per heavy atom. The molecule has 60 valence electrons. The Morgan fingerprint density at radius 1 is 1.36 bits per heavy atom. The van der Waals surface area contributed by atoms with E-state index in [0.29, 0.717) is 11.4 Å². The number of phenols is 1. The summed E-state index contributed by atoms with van der Waals surface area (Å²) in [5.74, 6) is 0.226. The first-order valence-electron chi connectivity index (χ1n) is 3.07. The van der Waals surface area contributed by atoms with Gasteiger partial charge in [0.25, 0.3) is 0 Å². The van der Waals surface area contributed by atoms with E-state index in [4.69, 9.17) is 16.2 Å².